The minimum Gasteiger partial charge on any atom is -0.292 e. The summed E-state index contributed by atoms with van der Waals surface area (Å²) in [5, 5.41) is 0. The number of hydrogen-bond acceptors (Lipinski definition) is 2. The summed E-state index contributed by atoms with van der Waals surface area (Å²) in [5.41, 5.74) is 14.4. The number of para-hydroxylation sites is 2. The number of benzene rings is 8. The van der Waals surface area contributed by atoms with Crippen LogP contribution >= 0.6 is 0 Å². The lowest BCUT2D eigenvalue weighted by molar-refractivity contribution is 1.07. The van der Waals surface area contributed by atoms with Gasteiger partial charge < -0.3 is 0 Å². The van der Waals surface area contributed by atoms with E-state index in [-0.39, 0.29) is 0 Å². The van der Waals surface area contributed by atoms with Crippen molar-refractivity contribution >= 4 is 0 Å². The lowest BCUT2D eigenvalue weighted by Crippen LogP contribution is -2.02. The molecule has 0 aliphatic carbocycles. The van der Waals surface area contributed by atoms with Gasteiger partial charge in [-0.3, -0.25) is 9.13 Å². The summed E-state index contributed by atoms with van der Waals surface area (Å²) in [7, 11) is 0. The van der Waals surface area contributed by atoms with E-state index >= 15 is 0 Å². The van der Waals surface area contributed by atoms with Gasteiger partial charge in [0, 0.05) is 44.8 Å². The van der Waals surface area contributed by atoms with Crippen LogP contribution in [0, 0.1) is 0 Å². The summed E-state index contributed by atoms with van der Waals surface area (Å²) in [6, 6.07) is 80.7. The quantitative estimate of drug-likeness (QED) is 0.148. The monoisotopic (exact) mass is 742 g/mol. The molecule has 0 saturated carbocycles. The molecule has 0 bridgehead atoms. The van der Waals surface area contributed by atoms with Crippen molar-refractivity contribution in [2.24, 2.45) is 0 Å². The fourth-order valence-electron chi connectivity index (χ4n) is 8.00. The number of hydrogen-bond donors (Lipinski definition) is 0. The summed E-state index contributed by atoms with van der Waals surface area (Å²) in [6.45, 7) is 0. The molecule has 0 saturated heterocycles. The maximum atomic E-state index is 5.60. The third kappa shape index (κ3) is 6.33. The molecule has 10 rings (SSSR count). The van der Waals surface area contributed by atoms with Crippen LogP contribution in [0.15, 0.2) is 231 Å². The Kier molecular flexibility index (Phi) is 9.18. The fourth-order valence-corrected chi connectivity index (χ4v) is 8.00. The Morgan fingerprint density at radius 2 is 0.500 bits per heavy atom. The zero-order chi connectivity index (χ0) is 38.7. The minimum absolute atomic E-state index is 0.857. The van der Waals surface area contributed by atoms with E-state index in [1.54, 1.807) is 0 Å². The number of rotatable bonds is 9. The van der Waals surface area contributed by atoms with Crippen LogP contribution in [0.1, 0.15) is 0 Å². The van der Waals surface area contributed by atoms with Crippen LogP contribution in [0.25, 0.3) is 90.3 Å². The Labute approximate surface area is 338 Å². The molecule has 8 aromatic carbocycles. The molecule has 0 unspecified atom stereocenters. The van der Waals surface area contributed by atoms with Gasteiger partial charge in [0.15, 0.2) is 0 Å². The van der Waals surface area contributed by atoms with Crippen LogP contribution in [0.3, 0.4) is 0 Å². The Bertz CT molecular complexity index is 2750. The van der Waals surface area contributed by atoms with Crippen molar-refractivity contribution in [2.45, 2.75) is 0 Å². The smallest absolute Gasteiger partial charge is 0.146 e. The van der Waals surface area contributed by atoms with E-state index in [0.29, 0.717) is 0 Å². The van der Waals surface area contributed by atoms with Gasteiger partial charge in [-0.05, 0) is 35.4 Å². The Morgan fingerprint density at radius 3 is 0.828 bits per heavy atom. The topological polar surface area (TPSA) is 35.6 Å². The molecule has 0 radical (unpaired) electrons. The van der Waals surface area contributed by atoms with Crippen LogP contribution < -0.4 is 0 Å². The van der Waals surface area contributed by atoms with E-state index in [1.165, 1.54) is 0 Å². The lowest BCUT2D eigenvalue weighted by atomic mass is 9.94. The third-order valence-corrected chi connectivity index (χ3v) is 10.6. The van der Waals surface area contributed by atoms with Gasteiger partial charge in [-0.1, -0.05) is 206 Å². The first-order chi connectivity index (χ1) is 28.8. The molecule has 0 atom stereocenters. The van der Waals surface area contributed by atoms with Crippen molar-refractivity contribution in [2.75, 3.05) is 0 Å². The average Bonchev–Trinajstić information content (AvgIpc) is 3.92. The van der Waals surface area contributed by atoms with Crippen LogP contribution in [-0.2, 0) is 0 Å². The predicted molar refractivity (Wildman–Crippen MR) is 239 cm³/mol. The first kappa shape index (κ1) is 34.7. The second kappa shape index (κ2) is 15.4. The summed E-state index contributed by atoms with van der Waals surface area (Å²) in [6.07, 6.45) is 0. The fraction of sp³-hybridized carbons (Fsp3) is 0. The van der Waals surface area contributed by atoms with Gasteiger partial charge in [0.05, 0.1) is 22.8 Å². The molecule has 0 spiro atoms. The van der Waals surface area contributed by atoms with Gasteiger partial charge >= 0.3 is 0 Å². The maximum Gasteiger partial charge on any atom is 0.146 e. The number of imidazole rings is 2. The van der Waals surface area contributed by atoms with Crippen molar-refractivity contribution in [1.29, 1.82) is 0 Å². The van der Waals surface area contributed by atoms with Gasteiger partial charge in [-0.2, -0.15) is 0 Å². The van der Waals surface area contributed by atoms with Gasteiger partial charge in [0.2, 0.25) is 0 Å². The van der Waals surface area contributed by atoms with Gasteiger partial charge in [-0.25, -0.2) is 9.97 Å². The average molecular weight is 743 g/mol. The Morgan fingerprint density at radius 1 is 0.241 bits per heavy atom. The number of nitrogens with zero attached hydrogens (tertiary/aromatic N) is 4. The SMILES string of the molecule is c1ccc(-c2nc(-c3ccccc3-c3ccccc3-c3nc(-c4ccccc4)c(-c4ccccc4)n3-c3ccccc3)n(-c3ccccc3)c2-c2ccccc2)cc1. The summed E-state index contributed by atoms with van der Waals surface area (Å²) >= 11 is 0. The largest absolute Gasteiger partial charge is 0.292 e. The maximum absolute atomic E-state index is 5.60. The second-order valence-corrected chi connectivity index (χ2v) is 14.2. The first-order valence-corrected chi connectivity index (χ1v) is 19.6. The molecule has 2 aromatic heterocycles. The molecule has 58 heavy (non-hydrogen) atoms. The second-order valence-electron chi connectivity index (χ2n) is 14.2. The van der Waals surface area contributed by atoms with Gasteiger partial charge in [0.1, 0.15) is 11.6 Å². The summed E-state index contributed by atoms with van der Waals surface area (Å²) < 4.78 is 4.65. The lowest BCUT2D eigenvalue weighted by Gasteiger charge is -2.18. The van der Waals surface area contributed by atoms with Crippen LogP contribution in [0.4, 0.5) is 0 Å². The molecule has 4 nitrogen and oxygen atoms in total. The van der Waals surface area contributed by atoms with E-state index in [0.717, 1.165) is 90.3 Å². The van der Waals surface area contributed by atoms with Crippen molar-refractivity contribution in [3.63, 3.8) is 0 Å². The van der Waals surface area contributed by atoms with Crippen LogP contribution in [0.2, 0.25) is 0 Å². The summed E-state index contributed by atoms with van der Waals surface area (Å²) in [4.78, 5) is 11.2. The molecule has 10 aromatic rings. The molecule has 0 N–H and O–H groups in total. The van der Waals surface area contributed by atoms with Crippen molar-refractivity contribution in [1.82, 2.24) is 19.1 Å². The first-order valence-electron chi connectivity index (χ1n) is 19.6. The highest BCUT2D eigenvalue weighted by atomic mass is 15.1. The molecule has 0 aliphatic rings. The molecule has 4 heteroatoms. The van der Waals surface area contributed by atoms with Gasteiger partial charge in [0.25, 0.3) is 0 Å². The highest BCUT2D eigenvalue weighted by Gasteiger charge is 2.27. The molecule has 0 aliphatic heterocycles. The van der Waals surface area contributed by atoms with Crippen molar-refractivity contribution in [3.05, 3.63) is 231 Å². The van der Waals surface area contributed by atoms with Crippen LogP contribution in [0.5, 0.6) is 0 Å². The van der Waals surface area contributed by atoms with E-state index < -0.39 is 0 Å². The highest BCUT2D eigenvalue weighted by Crippen LogP contribution is 2.45. The van der Waals surface area contributed by atoms with Crippen LogP contribution in [-0.4, -0.2) is 19.1 Å². The molecular formula is C54H38N4. The predicted octanol–water partition coefficient (Wildman–Crippen LogP) is 13.7. The zero-order valence-electron chi connectivity index (χ0n) is 31.7. The van der Waals surface area contributed by atoms with Crippen molar-refractivity contribution in [3.8, 4) is 90.3 Å². The highest BCUT2D eigenvalue weighted by molar-refractivity contribution is 5.94. The van der Waals surface area contributed by atoms with Gasteiger partial charge in [-0.15, -0.1) is 0 Å². The molecule has 0 amide bonds. The number of aromatic nitrogens is 4. The minimum atomic E-state index is 0.857. The Hall–Kier alpha value is -7.82. The molecule has 0 fully saturated rings. The standard InChI is InChI=1S/C54H38N4/c1-7-23-39(24-8-1)49-51(41-27-11-3-12-28-41)57(43-31-15-5-16-32-43)53(55-49)47-37-21-19-35-45(47)46-36-20-22-38-48(46)54-56-50(40-25-9-2-10-26-40)52(42-29-13-4-14-30-42)58(54)44-33-17-6-18-34-44/h1-38H. The Balaban J connectivity index is 1.26. The van der Waals surface area contributed by atoms with E-state index in [4.69, 9.17) is 9.97 Å². The normalized spacial score (nSPS) is 11.1. The molecule has 274 valence electrons. The third-order valence-electron chi connectivity index (χ3n) is 10.6. The molecular weight excluding hydrogens is 705 g/mol. The van der Waals surface area contributed by atoms with E-state index in [9.17, 15) is 0 Å². The van der Waals surface area contributed by atoms with E-state index in [1.807, 2.05) is 0 Å². The van der Waals surface area contributed by atoms with E-state index in [2.05, 4.69) is 240 Å². The molecule has 2 heterocycles. The summed E-state index contributed by atoms with van der Waals surface area (Å²) in [5.74, 6) is 1.71. The van der Waals surface area contributed by atoms with Crippen molar-refractivity contribution < 1.29 is 0 Å². The zero-order valence-corrected chi connectivity index (χ0v) is 31.7.